The molecule has 2 amide bonds. The van der Waals surface area contributed by atoms with Gasteiger partial charge in [0, 0.05) is 50.4 Å². The number of anilines is 1. The minimum atomic E-state index is 0.0226. The van der Waals surface area contributed by atoms with E-state index in [0.717, 1.165) is 56.3 Å². The van der Waals surface area contributed by atoms with E-state index in [-0.39, 0.29) is 17.7 Å². The summed E-state index contributed by atoms with van der Waals surface area (Å²) >= 11 is 1.72. The first-order valence-electron chi connectivity index (χ1n) is 10.3. The molecule has 6 nitrogen and oxygen atoms in total. The van der Waals surface area contributed by atoms with Crippen molar-refractivity contribution < 1.29 is 9.59 Å². The Balaban J connectivity index is 1.35. The standard InChI is InChI=1S/C22H28N4O2S/c1-15-5-3-4-6-18(15)14-23-21(28)17-7-8-19-20(13-17)29-22(24-19)26-11-9-25(10-12-26)16(2)27/h3-6,17H,7-14H2,1-2H3,(H,23,28)/t17-/m1/s1. The molecule has 0 radical (unpaired) electrons. The summed E-state index contributed by atoms with van der Waals surface area (Å²) in [4.78, 5) is 34.5. The smallest absolute Gasteiger partial charge is 0.223 e. The highest BCUT2D eigenvalue weighted by atomic mass is 32.1. The van der Waals surface area contributed by atoms with Gasteiger partial charge in [0.2, 0.25) is 11.8 Å². The normalized spacial score (nSPS) is 19.0. The second-order valence-corrected chi connectivity index (χ2v) is 9.01. The van der Waals surface area contributed by atoms with Crippen LogP contribution < -0.4 is 10.2 Å². The number of rotatable bonds is 4. The van der Waals surface area contributed by atoms with Gasteiger partial charge in [-0.1, -0.05) is 24.3 Å². The molecule has 0 spiro atoms. The predicted molar refractivity (Wildman–Crippen MR) is 115 cm³/mol. The maximum atomic E-state index is 12.7. The fourth-order valence-electron chi connectivity index (χ4n) is 4.07. The molecule has 154 valence electrons. The summed E-state index contributed by atoms with van der Waals surface area (Å²) < 4.78 is 0. The number of fused-ring (bicyclic) bond motifs is 1. The van der Waals surface area contributed by atoms with Crippen LogP contribution in [0.2, 0.25) is 0 Å². The van der Waals surface area contributed by atoms with E-state index in [1.807, 2.05) is 17.0 Å². The number of carbonyl (C=O) groups excluding carboxylic acids is 2. The summed E-state index contributed by atoms with van der Waals surface area (Å²) in [6, 6.07) is 8.17. The first kappa shape index (κ1) is 19.9. The van der Waals surface area contributed by atoms with Crippen molar-refractivity contribution in [1.29, 1.82) is 0 Å². The Labute approximate surface area is 175 Å². The molecular formula is C22H28N4O2S. The molecule has 1 aromatic carbocycles. The highest BCUT2D eigenvalue weighted by Gasteiger charge is 2.29. The monoisotopic (exact) mass is 412 g/mol. The molecule has 0 saturated carbocycles. The third-order valence-electron chi connectivity index (χ3n) is 6.01. The third-order valence-corrected chi connectivity index (χ3v) is 7.19. The molecule has 29 heavy (non-hydrogen) atoms. The van der Waals surface area contributed by atoms with E-state index in [1.165, 1.54) is 16.0 Å². The van der Waals surface area contributed by atoms with Gasteiger partial charge in [0.1, 0.15) is 0 Å². The van der Waals surface area contributed by atoms with Crippen molar-refractivity contribution in [3.8, 4) is 0 Å². The zero-order valence-corrected chi connectivity index (χ0v) is 17.9. The first-order chi connectivity index (χ1) is 14.0. The maximum Gasteiger partial charge on any atom is 0.223 e. The number of carbonyl (C=O) groups is 2. The van der Waals surface area contributed by atoms with Crippen LogP contribution in [0.25, 0.3) is 0 Å². The molecule has 0 unspecified atom stereocenters. The van der Waals surface area contributed by atoms with Gasteiger partial charge in [0.05, 0.1) is 5.69 Å². The van der Waals surface area contributed by atoms with E-state index in [0.29, 0.717) is 6.54 Å². The predicted octanol–water partition coefficient (Wildman–Crippen LogP) is 2.54. The van der Waals surface area contributed by atoms with Crippen LogP contribution in [0.4, 0.5) is 5.13 Å². The topological polar surface area (TPSA) is 65.5 Å². The number of piperazine rings is 1. The maximum absolute atomic E-state index is 12.7. The number of benzene rings is 1. The van der Waals surface area contributed by atoms with Crippen molar-refractivity contribution in [3.05, 3.63) is 46.0 Å². The number of hydrogen-bond acceptors (Lipinski definition) is 5. The minimum absolute atomic E-state index is 0.0226. The van der Waals surface area contributed by atoms with Crippen LogP contribution in [-0.4, -0.2) is 47.9 Å². The van der Waals surface area contributed by atoms with Gasteiger partial charge >= 0.3 is 0 Å². The fourth-order valence-corrected chi connectivity index (χ4v) is 5.31. The summed E-state index contributed by atoms with van der Waals surface area (Å²) in [6.07, 6.45) is 2.50. The molecule has 2 heterocycles. The number of nitrogens with one attached hydrogen (secondary N) is 1. The lowest BCUT2D eigenvalue weighted by Crippen LogP contribution is -2.48. The average Bonchev–Trinajstić information content (AvgIpc) is 3.16. The molecule has 1 aliphatic heterocycles. The summed E-state index contributed by atoms with van der Waals surface area (Å²) in [5.74, 6) is 0.306. The lowest BCUT2D eigenvalue weighted by atomic mass is 9.90. The molecule has 4 rings (SSSR count). The SMILES string of the molecule is CC(=O)N1CCN(c2nc3c(s2)C[C@H](C(=O)NCc2ccccc2C)CC3)CC1. The lowest BCUT2D eigenvalue weighted by Gasteiger charge is -2.33. The summed E-state index contributed by atoms with van der Waals surface area (Å²) in [7, 11) is 0. The van der Waals surface area contributed by atoms with Gasteiger partial charge in [0.15, 0.2) is 5.13 Å². The van der Waals surface area contributed by atoms with E-state index in [4.69, 9.17) is 4.98 Å². The van der Waals surface area contributed by atoms with Crippen molar-refractivity contribution in [3.63, 3.8) is 0 Å². The number of hydrogen-bond donors (Lipinski definition) is 1. The van der Waals surface area contributed by atoms with Crippen molar-refractivity contribution >= 4 is 28.3 Å². The van der Waals surface area contributed by atoms with Crippen LogP contribution in [0, 0.1) is 12.8 Å². The molecule has 1 N–H and O–H groups in total. The van der Waals surface area contributed by atoms with E-state index >= 15 is 0 Å². The molecule has 2 aromatic rings. The molecular weight excluding hydrogens is 384 g/mol. The number of aryl methyl sites for hydroxylation is 2. The average molecular weight is 413 g/mol. The molecule has 1 saturated heterocycles. The second-order valence-electron chi connectivity index (χ2n) is 7.94. The summed E-state index contributed by atoms with van der Waals surface area (Å²) in [5, 5.41) is 4.16. The summed E-state index contributed by atoms with van der Waals surface area (Å²) in [5.41, 5.74) is 3.53. The molecule has 1 aromatic heterocycles. The van der Waals surface area contributed by atoms with Gasteiger partial charge in [-0.05, 0) is 37.3 Å². The zero-order chi connectivity index (χ0) is 20.4. The molecule has 1 atom stereocenters. The van der Waals surface area contributed by atoms with Crippen molar-refractivity contribution in [2.24, 2.45) is 5.92 Å². The van der Waals surface area contributed by atoms with Crippen molar-refractivity contribution in [2.45, 2.75) is 39.7 Å². The largest absolute Gasteiger partial charge is 0.352 e. The molecule has 1 aliphatic carbocycles. The zero-order valence-electron chi connectivity index (χ0n) is 17.1. The van der Waals surface area contributed by atoms with Crippen LogP contribution >= 0.6 is 11.3 Å². The lowest BCUT2D eigenvalue weighted by molar-refractivity contribution is -0.129. The Morgan fingerprint density at radius 3 is 2.69 bits per heavy atom. The van der Waals surface area contributed by atoms with Crippen LogP contribution in [-0.2, 0) is 29.0 Å². The van der Waals surface area contributed by atoms with Gasteiger partial charge in [0.25, 0.3) is 0 Å². The van der Waals surface area contributed by atoms with Crippen molar-refractivity contribution in [2.75, 3.05) is 31.1 Å². The second kappa shape index (κ2) is 8.53. The van der Waals surface area contributed by atoms with Crippen LogP contribution in [0.1, 0.15) is 35.0 Å². The Kier molecular flexibility index (Phi) is 5.85. The Morgan fingerprint density at radius 1 is 1.21 bits per heavy atom. The number of amides is 2. The first-order valence-corrected chi connectivity index (χ1v) is 11.1. The highest BCUT2D eigenvalue weighted by Crippen LogP contribution is 2.34. The Morgan fingerprint density at radius 2 is 1.97 bits per heavy atom. The third kappa shape index (κ3) is 4.45. The van der Waals surface area contributed by atoms with Crippen molar-refractivity contribution in [1.82, 2.24) is 15.2 Å². The molecule has 2 aliphatic rings. The quantitative estimate of drug-likeness (QED) is 0.838. The fraction of sp³-hybridized carbons (Fsp3) is 0.500. The van der Waals surface area contributed by atoms with E-state index in [2.05, 4.69) is 29.3 Å². The van der Waals surface area contributed by atoms with Crippen LogP contribution in [0.5, 0.6) is 0 Å². The molecule has 0 bridgehead atoms. The van der Waals surface area contributed by atoms with E-state index < -0.39 is 0 Å². The Bertz CT molecular complexity index is 902. The van der Waals surface area contributed by atoms with E-state index in [9.17, 15) is 9.59 Å². The minimum Gasteiger partial charge on any atom is -0.352 e. The van der Waals surface area contributed by atoms with Crippen LogP contribution in [0.3, 0.4) is 0 Å². The number of aromatic nitrogens is 1. The van der Waals surface area contributed by atoms with Gasteiger partial charge in [-0.15, -0.1) is 11.3 Å². The van der Waals surface area contributed by atoms with E-state index in [1.54, 1.807) is 18.3 Å². The molecule has 1 fully saturated rings. The van der Waals surface area contributed by atoms with Gasteiger partial charge < -0.3 is 15.1 Å². The number of thiazole rings is 1. The highest BCUT2D eigenvalue weighted by molar-refractivity contribution is 7.15. The van der Waals surface area contributed by atoms with Crippen LogP contribution in [0.15, 0.2) is 24.3 Å². The molecule has 7 heteroatoms. The van der Waals surface area contributed by atoms with Gasteiger partial charge in [-0.25, -0.2) is 4.98 Å². The summed E-state index contributed by atoms with van der Waals surface area (Å²) in [6.45, 7) is 7.44. The number of nitrogens with zero attached hydrogens (tertiary/aromatic N) is 3. The van der Waals surface area contributed by atoms with Gasteiger partial charge in [-0.3, -0.25) is 9.59 Å². The van der Waals surface area contributed by atoms with Gasteiger partial charge in [-0.2, -0.15) is 0 Å². The Hall–Kier alpha value is -2.41.